The quantitative estimate of drug-likeness (QED) is 0.827. The van der Waals surface area contributed by atoms with Crippen LogP contribution < -0.4 is 10.2 Å². The Morgan fingerprint density at radius 3 is 2.83 bits per heavy atom. The molecule has 23 heavy (non-hydrogen) atoms. The van der Waals surface area contributed by atoms with Crippen molar-refractivity contribution in [1.29, 1.82) is 0 Å². The van der Waals surface area contributed by atoms with Gasteiger partial charge in [-0.15, -0.1) is 0 Å². The molecule has 1 N–H and O–H groups in total. The van der Waals surface area contributed by atoms with Gasteiger partial charge in [0.05, 0.1) is 18.1 Å². The van der Waals surface area contributed by atoms with E-state index in [-0.39, 0.29) is 24.0 Å². The highest BCUT2D eigenvalue weighted by molar-refractivity contribution is 5.79. The second kappa shape index (κ2) is 6.80. The molecule has 0 saturated carbocycles. The molecule has 0 aromatic carbocycles. The highest BCUT2D eigenvalue weighted by atomic mass is 16.5. The Kier molecular flexibility index (Phi) is 4.77. The number of carbonyl (C=O) groups is 1. The van der Waals surface area contributed by atoms with Gasteiger partial charge in [-0.25, -0.2) is 9.97 Å². The summed E-state index contributed by atoms with van der Waals surface area (Å²) in [6, 6.07) is 0. The zero-order valence-electron chi connectivity index (χ0n) is 14.0. The Morgan fingerprint density at radius 2 is 2.13 bits per heavy atom. The van der Waals surface area contributed by atoms with E-state index in [1.54, 1.807) is 0 Å². The summed E-state index contributed by atoms with van der Waals surface area (Å²) in [5.74, 6) is 0.756. The molecule has 2 aliphatic rings. The molecule has 0 radical (unpaired) electrons. The molecule has 3 heterocycles. The fraction of sp³-hybridized carbons (Fsp3) is 0.688. The molecule has 2 bridgehead atoms. The SMILES string of the molecule is Cc1cnc(N2C[C@H]3C[C@@H](C(=O)NCCN(C)C)[C@@H](C2)O3)nc1. The van der Waals surface area contributed by atoms with Crippen LogP contribution in [0.5, 0.6) is 0 Å². The van der Waals surface area contributed by atoms with Crippen molar-refractivity contribution in [3.05, 3.63) is 18.0 Å². The fourth-order valence-electron chi connectivity index (χ4n) is 3.18. The largest absolute Gasteiger partial charge is 0.370 e. The van der Waals surface area contributed by atoms with E-state index in [4.69, 9.17) is 4.74 Å². The van der Waals surface area contributed by atoms with Crippen LogP contribution in [0.2, 0.25) is 0 Å². The van der Waals surface area contributed by atoms with Gasteiger partial charge < -0.3 is 19.9 Å². The minimum Gasteiger partial charge on any atom is -0.370 e. The highest BCUT2D eigenvalue weighted by Gasteiger charge is 2.45. The van der Waals surface area contributed by atoms with Gasteiger partial charge in [-0.3, -0.25) is 4.79 Å². The van der Waals surface area contributed by atoms with E-state index >= 15 is 0 Å². The van der Waals surface area contributed by atoms with Crippen molar-refractivity contribution in [2.24, 2.45) is 5.92 Å². The lowest BCUT2D eigenvalue weighted by molar-refractivity contribution is -0.126. The maximum absolute atomic E-state index is 12.4. The van der Waals surface area contributed by atoms with Gasteiger partial charge in [0, 0.05) is 38.6 Å². The summed E-state index contributed by atoms with van der Waals surface area (Å²) in [7, 11) is 3.99. The Labute approximate surface area is 137 Å². The molecule has 2 fully saturated rings. The van der Waals surface area contributed by atoms with Crippen LogP contribution in [0, 0.1) is 12.8 Å². The number of hydrogen-bond acceptors (Lipinski definition) is 6. The van der Waals surface area contributed by atoms with Crippen LogP contribution in [0.4, 0.5) is 5.95 Å². The summed E-state index contributed by atoms with van der Waals surface area (Å²) in [4.78, 5) is 25.4. The van der Waals surface area contributed by atoms with Crippen molar-refractivity contribution in [2.75, 3.05) is 45.2 Å². The molecule has 0 aliphatic carbocycles. The number of rotatable bonds is 5. The van der Waals surface area contributed by atoms with Gasteiger partial charge in [-0.2, -0.15) is 0 Å². The fourth-order valence-corrected chi connectivity index (χ4v) is 3.18. The first-order valence-electron chi connectivity index (χ1n) is 8.14. The summed E-state index contributed by atoms with van der Waals surface area (Å²) in [5.41, 5.74) is 1.04. The molecule has 7 heteroatoms. The van der Waals surface area contributed by atoms with Crippen LogP contribution in [-0.2, 0) is 9.53 Å². The van der Waals surface area contributed by atoms with E-state index < -0.39 is 0 Å². The van der Waals surface area contributed by atoms with E-state index in [0.717, 1.165) is 31.0 Å². The summed E-state index contributed by atoms with van der Waals surface area (Å²) in [6.07, 6.45) is 4.44. The Hall–Kier alpha value is -1.73. The van der Waals surface area contributed by atoms with Gasteiger partial charge >= 0.3 is 0 Å². The molecular formula is C16H25N5O2. The average Bonchev–Trinajstić information content (AvgIpc) is 2.82. The zero-order valence-corrected chi connectivity index (χ0v) is 14.0. The topological polar surface area (TPSA) is 70.6 Å². The summed E-state index contributed by atoms with van der Waals surface area (Å²) in [6.45, 7) is 4.91. The van der Waals surface area contributed by atoms with Crippen LogP contribution in [-0.4, -0.2) is 73.3 Å². The maximum Gasteiger partial charge on any atom is 0.225 e. The van der Waals surface area contributed by atoms with E-state index in [2.05, 4.69) is 25.1 Å². The third-order valence-corrected chi connectivity index (χ3v) is 4.40. The van der Waals surface area contributed by atoms with Crippen molar-refractivity contribution < 1.29 is 9.53 Å². The normalized spacial score (nSPS) is 26.6. The molecule has 2 saturated heterocycles. The lowest BCUT2D eigenvalue weighted by atomic mass is 9.99. The number of anilines is 1. The van der Waals surface area contributed by atoms with Crippen LogP contribution in [0.1, 0.15) is 12.0 Å². The lowest BCUT2D eigenvalue weighted by Crippen LogP contribution is -2.46. The zero-order chi connectivity index (χ0) is 16.4. The summed E-state index contributed by atoms with van der Waals surface area (Å²) < 4.78 is 5.97. The predicted octanol–water partition coefficient (Wildman–Crippen LogP) is 0.0565. The average molecular weight is 319 g/mol. The molecule has 3 atom stereocenters. The summed E-state index contributed by atoms with van der Waals surface area (Å²) in [5, 5.41) is 3.02. The van der Waals surface area contributed by atoms with Gasteiger partial charge in [0.1, 0.15) is 0 Å². The van der Waals surface area contributed by atoms with Gasteiger partial charge in [-0.1, -0.05) is 0 Å². The molecule has 0 spiro atoms. The van der Waals surface area contributed by atoms with Crippen LogP contribution in [0.25, 0.3) is 0 Å². The molecule has 1 amide bonds. The van der Waals surface area contributed by atoms with Gasteiger partial charge in [0.15, 0.2) is 0 Å². The molecular weight excluding hydrogens is 294 g/mol. The Morgan fingerprint density at radius 1 is 1.39 bits per heavy atom. The van der Waals surface area contributed by atoms with Crippen molar-refractivity contribution >= 4 is 11.9 Å². The number of aryl methyl sites for hydroxylation is 1. The second-order valence-electron chi connectivity index (χ2n) is 6.70. The van der Waals surface area contributed by atoms with Crippen molar-refractivity contribution in [1.82, 2.24) is 20.2 Å². The molecule has 126 valence electrons. The standard InChI is InChI=1S/C16H25N5O2/c1-11-7-18-16(19-8-11)21-9-12-6-13(14(10-21)23-12)15(22)17-4-5-20(2)3/h7-8,12-14H,4-6,9-10H2,1-3H3,(H,17,22)/t12-,13-,14-/m1/s1. The molecule has 7 nitrogen and oxygen atoms in total. The van der Waals surface area contributed by atoms with Crippen LogP contribution in [0.3, 0.4) is 0 Å². The van der Waals surface area contributed by atoms with E-state index in [1.807, 2.05) is 33.4 Å². The Bertz CT molecular complexity index is 548. The monoisotopic (exact) mass is 319 g/mol. The number of fused-ring (bicyclic) bond motifs is 2. The van der Waals surface area contributed by atoms with Gasteiger partial charge in [0.2, 0.25) is 11.9 Å². The summed E-state index contributed by atoms with van der Waals surface area (Å²) >= 11 is 0. The number of nitrogens with zero attached hydrogens (tertiary/aromatic N) is 4. The van der Waals surface area contributed by atoms with Crippen molar-refractivity contribution in [3.63, 3.8) is 0 Å². The number of morpholine rings is 1. The highest BCUT2D eigenvalue weighted by Crippen LogP contribution is 2.33. The van der Waals surface area contributed by atoms with Crippen LogP contribution >= 0.6 is 0 Å². The van der Waals surface area contributed by atoms with Gasteiger partial charge in [-0.05, 0) is 33.0 Å². The van der Waals surface area contributed by atoms with Crippen molar-refractivity contribution in [3.8, 4) is 0 Å². The number of aromatic nitrogens is 2. The third-order valence-electron chi connectivity index (χ3n) is 4.40. The first-order chi connectivity index (χ1) is 11.0. The number of amides is 1. The smallest absolute Gasteiger partial charge is 0.225 e. The minimum atomic E-state index is -0.0717. The number of ether oxygens (including phenoxy) is 1. The molecule has 2 aliphatic heterocycles. The van der Waals surface area contributed by atoms with E-state index in [1.165, 1.54) is 0 Å². The minimum absolute atomic E-state index is 0.0713. The maximum atomic E-state index is 12.4. The second-order valence-corrected chi connectivity index (χ2v) is 6.70. The van der Waals surface area contributed by atoms with Crippen LogP contribution in [0.15, 0.2) is 12.4 Å². The Balaban J connectivity index is 1.59. The van der Waals surface area contributed by atoms with Gasteiger partial charge in [0.25, 0.3) is 0 Å². The van der Waals surface area contributed by atoms with E-state index in [9.17, 15) is 4.79 Å². The number of likely N-dealkylation sites (N-methyl/N-ethyl adjacent to an activating group) is 1. The number of hydrogen-bond donors (Lipinski definition) is 1. The number of nitrogens with one attached hydrogen (secondary N) is 1. The number of carbonyl (C=O) groups excluding carboxylic acids is 1. The molecule has 1 aromatic rings. The first kappa shape index (κ1) is 16.1. The first-order valence-corrected chi connectivity index (χ1v) is 8.14. The lowest BCUT2D eigenvalue weighted by Gasteiger charge is -2.32. The van der Waals surface area contributed by atoms with E-state index in [0.29, 0.717) is 13.1 Å². The van der Waals surface area contributed by atoms with Crippen molar-refractivity contribution in [2.45, 2.75) is 25.6 Å². The third kappa shape index (κ3) is 3.79. The predicted molar refractivity (Wildman–Crippen MR) is 87.3 cm³/mol. The molecule has 1 aromatic heterocycles. The molecule has 0 unspecified atom stereocenters. The molecule has 3 rings (SSSR count).